The standard InChI is InChI=1S/C24H21NO3S/c1-16-10-12-18(13-11-16)29(27,28)25-15-17-6-2-3-7-19(17)22-14-23(26)20-8-4-5-9-21(20)24(22)25/h2-13,22,24H,14-15H2,1H3/t22-,24-/m1/s1. The van der Waals surface area contributed by atoms with Crippen LogP contribution in [0, 0.1) is 6.92 Å². The molecule has 0 fully saturated rings. The maximum atomic E-state index is 13.7. The maximum absolute atomic E-state index is 13.7. The Kier molecular flexibility index (Phi) is 4.19. The van der Waals surface area contributed by atoms with Crippen molar-refractivity contribution in [1.82, 2.24) is 4.31 Å². The van der Waals surface area contributed by atoms with Crippen molar-refractivity contribution in [1.29, 1.82) is 0 Å². The van der Waals surface area contributed by atoms with Crippen LogP contribution in [0.2, 0.25) is 0 Å². The highest BCUT2D eigenvalue weighted by Gasteiger charge is 2.46. The Labute approximate surface area is 170 Å². The van der Waals surface area contributed by atoms with Crippen LogP contribution in [0.3, 0.4) is 0 Å². The van der Waals surface area contributed by atoms with E-state index < -0.39 is 10.0 Å². The summed E-state index contributed by atoms with van der Waals surface area (Å²) >= 11 is 0. The molecule has 1 aliphatic heterocycles. The van der Waals surface area contributed by atoms with Crippen LogP contribution in [-0.2, 0) is 16.6 Å². The first-order valence-corrected chi connectivity index (χ1v) is 11.2. The Morgan fingerprint density at radius 1 is 0.862 bits per heavy atom. The van der Waals surface area contributed by atoms with Crippen molar-refractivity contribution in [3.8, 4) is 0 Å². The Hall–Kier alpha value is -2.76. The van der Waals surface area contributed by atoms with Gasteiger partial charge in [-0.25, -0.2) is 8.42 Å². The zero-order valence-electron chi connectivity index (χ0n) is 16.1. The first kappa shape index (κ1) is 18.3. The Morgan fingerprint density at radius 3 is 2.28 bits per heavy atom. The van der Waals surface area contributed by atoms with Crippen LogP contribution in [0.4, 0.5) is 0 Å². The lowest BCUT2D eigenvalue weighted by Crippen LogP contribution is -2.44. The number of Topliss-reactive ketones (excluding diaryl/α,β-unsaturated/α-hetero) is 1. The van der Waals surface area contributed by atoms with Gasteiger partial charge in [-0.2, -0.15) is 4.31 Å². The van der Waals surface area contributed by atoms with E-state index in [1.165, 1.54) is 0 Å². The summed E-state index contributed by atoms with van der Waals surface area (Å²) in [6.45, 7) is 2.24. The van der Waals surface area contributed by atoms with Crippen molar-refractivity contribution >= 4 is 15.8 Å². The van der Waals surface area contributed by atoms with Gasteiger partial charge in [0.25, 0.3) is 0 Å². The molecule has 1 heterocycles. The monoisotopic (exact) mass is 403 g/mol. The molecular weight excluding hydrogens is 382 g/mol. The molecule has 0 saturated heterocycles. The van der Waals surface area contributed by atoms with Gasteiger partial charge in [-0.05, 0) is 35.7 Å². The number of nitrogens with zero attached hydrogens (tertiary/aromatic N) is 1. The third-order valence-corrected chi connectivity index (χ3v) is 7.93. The van der Waals surface area contributed by atoms with Gasteiger partial charge in [0.15, 0.2) is 5.78 Å². The largest absolute Gasteiger partial charge is 0.294 e. The molecule has 5 rings (SSSR count). The molecule has 1 aliphatic carbocycles. The molecule has 0 N–H and O–H groups in total. The minimum Gasteiger partial charge on any atom is -0.294 e. The highest BCUT2D eigenvalue weighted by atomic mass is 32.2. The fourth-order valence-corrected chi connectivity index (χ4v) is 6.29. The Morgan fingerprint density at radius 2 is 1.52 bits per heavy atom. The smallest absolute Gasteiger partial charge is 0.243 e. The second-order valence-corrected chi connectivity index (χ2v) is 9.72. The van der Waals surface area contributed by atoms with Crippen LogP contribution in [0.25, 0.3) is 0 Å². The third kappa shape index (κ3) is 2.84. The van der Waals surface area contributed by atoms with Gasteiger partial charge in [-0.3, -0.25) is 4.79 Å². The molecule has 29 heavy (non-hydrogen) atoms. The van der Waals surface area contributed by atoms with Crippen LogP contribution >= 0.6 is 0 Å². The summed E-state index contributed by atoms with van der Waals surface area (Å²) in [6, 6.07) is 21.9. The zero-order chi connectivity index (χ0) is 20.2. The number of aryl methyl sites for hydroxylation is 1. The lowest BCUT2D eigenvalue weighted by Gasteiger charge is -2.44. The van der Waals surface area contributed by atoms with Crippen molar-refractivity contribution in [2.45, 2.75) is 36.7 Å². The van der Waals surface area contributed by atoms with Gasteiger partial charge >= 0.3 is 0 Å². The quantitative estimate of drug-likeness (QED) is 0.628. The molecule has 0 bridgehead atoms. The van der Waals surface area contributed by atoms with E-state index in [9.17, 15) is 13.2 Å². The number of benzene rings is 3. The second-order valence-electron chi connectivity index (χ2n) is 7.83. The third-order valence-electron chi connectivity index (χ3n) is 6.08. The van der Waals surface area contributed by atoms with E-state index in [1.54, 1.807) is 16.4 Å². The normalized spacial score (nSPS) is 21.2. The highest BCUT2D eigenvalue weighted by molar-refractivity contribution is 7.89. The second kappa shape index (κ2) is 6.65. The van der Waals surface area contributed by atoms with Gasteiger partial charge in [0.2, 0.25) is 10.0 Å². The fourth-order valence-electron chi connectivity index (χ4n) is 4.67. The van der Waals surface area contributed by atoms with E-state index in [-0.39, 0.29) is 22.6 Å². The number of fused-ring (bicyclic) bond motifs is 5. The van der Waals surface area contributed by atoms with Crippen LogP contribution in [-0.4, -0.2) is 18.5 Å². The number of carbonyl (C=O) groups excluding carboxylic acids is 1. The number of ketones is 1. The summed E-state index contributed by atoms with van der Waals surface area (Å²) in [4.78, 5) is 13.1. The van der Waals surface area contributed by atoms with Gasteiger partial charge < -0.3 is 0 Å². The van der Waals surface area contributed by atoms with Crippen molar-refractivity contribution in [3.63, 3.8) is 0 Å². The molecule has 4 nitrogen and oxygen atoms in total. The Bertz CT molecular complexity index is 1210. The van der Waals surface area contributed by atoms with Crippen molar-refractivity contribution < 1.29 is 13.2 Å². The molecule has 146 valence electrons. The van der Waals surface area contributed by atoms with Crippen LogP contribution in [0.15, 0.2) is 77.7 Å². The van der Waals surface area contributed by atoms with E-state index in [4.69, 9.17) is 0 Å². The van der Waals surface area contributed by atoms with Gasteiger partial charge in [-0.15, -0.1) is 0 Å². The van der Waals surface area contributed by atoms with Gasteiger partial charge in [0, 0.05) is 24.4 Å². The maximum Gasteiger partial charge on any atom is 0.243 e. The van der Waals surface area contributed by atoms with Crippen LogP contribution in [0.5, 0.6) is 0 Å². The lowest BCUT2D eigenvalue weighted by molar-refractivity contribution is 0.0928. The van der Waals surface area contributed by atoms with Crippen molar-refractivity contribution in [2.75, 3.05) is 0 Å². The van der Waals surface area contributed by atoms with E-state index in [0.29, 0.717) is 18.5 Å². The number of rotatable bonds is 2. The molecule has 0 unspecified atom stereocenters. The molecular formula is C24H21NO3S. The molecule has 3 aromatic carbocycles. The van der Waals surface area contributed by atoms with E-state index >= 15 is 0 Å². The summed E-state index contributed by atoms with van der Waals surface area (Å²) in [7, 11) is -3.73. The first-order chi connectivity index (χ1) is 14.0. The predicted octanol–water partition coefficient (Wildman–Crippen LogP) is 4.61. The van der Waals surface area contributed by atoms with E-state index in [0.717, 1.165) is 22.3 Å². The van der Waals surface area contributed by atoms with Gasteiger partial charge in [0.1, 0.15) is 0 Å². The van der Waals surface area contributed by atoms with Gasteiger partial charge in [0.05, 0.1) is 10.9 Å². The number of hydrogen-bond donors (Lipinski definition) is 0. The molecule has 2 atom stereocenters. The number of hydrogen-bond acceptors (Lipinski definition) is 3. The molecule has 2 aliphatic rings. The summed E-state index contributed by atoms with van der Waals surface area (Å²) in [5.74, 6) is -0.103. The van der Waals surface area contributed by atoms with E-state index in [1.807, 2.05) is 67.6 Å². The molecule has 0 amide bonds. The summed E-state index contributed by atoms with van der Waals surface area (Å²) in [5, 5.41) is 0. The highest BCUT2D eigenvalue weighted by Crippen LogP contribution is 2.50. The molecule has 5 heteroatoms. The van der Waals surface area contributed by atoms with E-state index in [2.05, 4.69) is 0 Å². The predicted molar refractivity (Wildman–Crippen MR) is 111 cm³/mol. The average Bonchev–Trinajstić information content (AvgIpc) is 2.73. The zero-order valence-corrected chi connectivity index (χ0v) is 16.9. The number of sulfonamides is 1. The van der Waals surface area contributed by atoms with Gasteiger partial charge in [-0.1, -0.05) is 66.2 Å². The summed E-state index contributed by atoms with van der Waals surface area (Å²) in [5.41, 5.74) is 4.50. The lowest BCUT2D eigenvalue weighted by atomic mass is 9.72. The SMILES string of the molecule is Cc1ccc(S(=O)(=O)N2Cc3ccccc3[C@H]3CC(=O)c4ccccc4[C@H]32)cc1. The Balaban J connectivity index is 1.72. The minimum atomic E-state index is -3.73. The molecule has 0 radical (unpaired) electrons. The topological polar surface area (TPSA) is 54.5 Å². The van der Waals surface area contributed by atoms with Crippen LogP contribution in [0.1, 0.15) is 51.0 Å². The van der Waals surface area contributed by atoms with Crippen molar-refractivity contribution in [3.05, 3.63) is 101 Å². The summed E-state index contributed by atoms with van der Waals surface area (Å²) in [6.07, 6.45) is 0.318. The fraction of sp³-hybridized carbons (Fsp3) is 0.208. The van der Waals surface area contributed by atoms with Crippen molar-refractivity contribution in [2.24, 2.45) is 0 Å². The summed E-state index contributed by atoms with van der Waals surface area (Å²) < 4.78 is 29.0. The molecule has 3 aromatic rings. The molecule has 0 spiro atoms. The molecule has 0 aromatic heterocycles. The first-order valence-electron chi connectivity index (χ1n) is 9.75. The minimum absolute atomic E-state index is 0.0752. The number of carbonyl (C=O) groups is 1. The molecule has 0 saturated carbocycles. The van der Waals surface area contributed by atoms with Crippen LogP contribution < -0.4 is 0 Å². The average molecular weight is 404 g/mol.